The summed E-state index contributed by atoms with van der Waals surface area (Å²) in [5.74, 6) is 1.18. The summed E-state index contributed by atoms with van der Waals surface area (Å²) in [5.41, 5.74) is 0.997. The first-order valence-electron chi connectivity index (χ1n) is 7.28. The molecule has 106 valence electrons. The second-order valence-electron chi connectivity index (χ2n) is 5.51. The van der Waals surface area contributed by atoms with Gasteiger partial charge in [0.15, 0.2) is 0 Å². The van der Waals surface area contributed by atoms with Gasteiger partial charge in [-0.05, 0) is 63.2 Å². The van der Waals surface area contributed by atoms with Gasteiger partial charge < -0.3 is 10.0 Å². The summed E-state index contributed by atoms with van der Waals surface area (Å²) in [6.45, 7) is 3.07. The van der Waals surface area contributed by atoms with E-state index in [0.717, 1.165) is 11.6 Å². The highest BCUT2D eigenvalue weighted by molar-refractivity contribution is 7.99. The van der Waals surface area contributed by atoms with Gasteiger partial charge in [-0.25, -0.2) is 0 Å². The molecule has 0 aromatic heterocycles. The van der Waals surface area contributed by atoms with Crippen molar-refractivity contribution in [1.29, 1.82) is 0 Å². The molecule has 1 saturated heterocycles. The van der Waals surface area contributed by atoms with Crippen LogP contribution in [0.15, 0.2) is 29.2 Å². The second-order valence-corrected chi connectivity index (χ2v) is 6.68. The van der Waals surface area contributed by atoms with Crippen molar-refractivity contribution < 1.29 is 5.11 Å². The fraction of sp³-hybridized carbons (Fsp3) is 0.625. The Hall–Kier alpha value is -0.510. The molecule has 0 spiro atoms. The third kappa shape index (κ3) is 4.51. The van der Waals surface area contributed by atoms with E-state index >= 15 is 0 Å². The van der Waals surface area contributed by atoms with Gasteiger partial charge in [0, 0.05) is 10.9 Å². The molecule has 0 amide bonds. The molecule has 0 bridgehead atoms. The molecule has 2 unspecified atom stereocenters. The fourth-order valence-electron chi connectivity index (χ4n) is 2.66. The normalized spacial score (nSPS) is 22.4. The van der Waals surface area contributed by atoms with Crippen LogP contribution in [0.25, 0.3) is 0 Å². The minimum absolute atomic E-state index is 0.366. The Bertz CT molecular complexity index is 377. The van der Waals surface area contributed by atoms with E-state index in [2.05, 4.69) is 24.1 Å². The Balaban J connectivity index is 1.75. The number of rotatable bonds is 5. The summed E-state index contributed by atoms with van der Waals surface area (Å²) in [6.07, 6.45) is 5.02. The van der Waals surface area contributed by atoms with Gasteiger partial charge in [-0.15, -0.1) is 11.8 Å². The molecule has 2 rings (SSSR count). The van der Waals surface area contributed by atoms with Crippen LogP contribution in [0, 0.1) is 0 Å². The zero-order valence-corrected chi connectivity index (χ0v) is 12.8. The van der Waals surface area contributed by atoms with Gasteiger partial charge in [0.05, 0.1) is 6.10 Å². The summed E-state index contributed by atoms with van der Waals surface area (Å²) in [5, 5.41) is 9.48. The van der Waals surface area contributed by atoms with Gasteiger partial charge in [-0.3, -0.25) is 0 Å². The second kappa shape index (κ2) is 7.32. The van der Waals surface area contributed by atoms with Crippen LogP contribution in [0.3, 0.4) is 0 Å². The Kier molecular flexibility index (Phi) is 5.74. The Morgan fingerprint density at radius 2 is 2.05 bits per heavy atom. The number of hydrogen-bond donors (Lipinski definition) is 1. The maximum absolute atomic E-state index is 9.48. The van der Waals surface area contributed by atoms with Crippen molar-refractivity contribution in [2.75, 3.05) is 19.3 Å². The van der Waals surface area contributed by atoms with Gasteiger partial charge >= 0.3 is 0 Å². The minimum atomic E-state index is -0.366. The lowest BCUT2D eigenvalue weighted by Gasteiger charge is -2.32. The van der Waals surface area contributed by atoms with E-state index in [1.54, 1.807) is 6.92 Å². The molecule has 1 aromatic rings. The van der Waals surface area contributed by atoms with E-state index < -0.39 is 0 Å². The molecule has 19 heavy (non-hydrogen) atoms. The SMILES string of the molecule is CC(O)c1ccc(SCCC2CCCCN2C)cc1. The lowest BCUT2D eigenvalue weighted by atomic mass is 10.0. The van der Waals surface area contributed by atoms with Crippen LogP contribution in [0.5, 0.6) is 0 Å². The predicted molar refractivity (Wildman–Crippen MR) is 82.7 cm³/mol. The molecule has 1 aromatic carbocycles. The number of aliphatic hydroxyl groups is 1. The average molecular weight is 279 g/mol. The number of thioether (sulfide) groups is 1. The van der Waals surface area contributed by atoms with Crippen LogP contribution in [-0.2, 0) is 0 Å². The third-order valence-electron chi connectivity index (χ3n) is 4.00. The molecule has 3 heteroatoms. The highest BCUT2D eigenvalue weighted by atomic mass is 32.2. The molecule has 1 heterocycles. The number of piperidine rings is 1. The largest absolute Gasteiger partial charge is 0.389 e. The number of benzene rings is 1. The van der Waals surface area contributed by atoms with Crippen molar-refractivity contribution in [3.8, 4) is 0 Å². The summed E-state index contributed by atoms with van der Waals surface area (Å²) >= 11 is 1.93. The van der Waals surface area contributed by atoms with Crippen LogP contribution in [0.4, 0.5) is 0 Å². The average Bonchev–Trinajstić information content (AvgIpc) is 2.41. The summed E-state index contributed by atoms with van der Waals surface area (Å²) < 4.78 is 0. The molecule has 0 radical (unpaired) electrons. The molecule has 2 atom stereocenters. The topological polar surface area (TPSA) is 23.5 Å². The van der Waals surface area contributed by atoms with Gasteiger partial charge in [-0.1, -0.05) is 18.6 Å². The van der Waals surface area contributed by atoms with E-state index in [-0.39, 0.29) is 6.10 Å². The Labute approximate surface area is 121 Å². The molecule has 1 aliphatic heterocycles. The van der Waals surface area contributed by atoms with Crippen molar-refractivity contribution >= 4 is 11.8 Å². The van der Waals surface area contributed by atoms with E-state index in [0.29, 0.717) is 0 Å². The first kappa shape index (κ1) is 14.9. The van der Waals surface area contributed by atoms with Crippen LogP contribution in [0.2, 0.25) is 0 Å². The molecule has 1 aliphatic rings. The molecular formula is C16H25NOS. The number of nitrogens with zero attached hydrogens (tertiary/aromatic N) is 1. The lowest BCUT2D eigenvalue weighted by Crippen LogP contribution is -2.36. The van der Waals surface area contributed by atoms with E-state index in [4.69, 9.17) is 0 Å². The maximum Gasteiger partial charge on any atom is 0.0761 e. The standard InChI is InChI=1S/C16H25NOS/c1-13(18)14-6-8-16(9-7-14)19-12-10-15-5-3-4-11-17(15)2/h6-9,13,15,18H,3-5,10-12H2,1-2H3. The van der Waals surface area contributed by atoms with Crippen molar-refractivity contribution in [2.24, 2.45) is 0 Å². The number of aliphatic hydroxyl groups excluding tert-OH is 1. The van der Waals surface area contributed by atoms with E-state index in [1.807, 2.05) is 23.9 Å². The quantitative estimate of drug-likeness (QED) is 0.831. The van der Waals surface area contributed by atoms with E-state index in [9.17, 15) is 5.11 Å². The van der Waals surface area contributed by atoms with Crippen LogP contribution >= 0.6 is 11.8 Å². The maximum atomic E-state index is 9.48. The molecule has 0 aliphatic carbocycles. The first-order valence-corrected chi connectivity index (χ1v) is 8.26. The number of hydrogen-bond acceptors (Lipinski definition) is 3. The van der Waals surface area contributed by atoms with Crippen LogP contribution in [-0.4, -0.2) is 35.4 Å². The number of likely N-dealkylation sites (tertiary alicyclic amines) is 1. The highest BCUT2D eigenvalue weighted by Gasteiger charge is 2.18. The smallest absolute Gasteiger partial charge is 0.0761 e. The van der Waals surface area contributed by atoms with Crippen LogP contribution in [0.1, 0.15) is 44.3 Å². The molecule has 1 N–H and O–H groups in total. The van der Waals surface area contributed by atoms with Gasteiger partial charge in [0.2, 0.25) is 0 Å². The van der Waals surface area contributed by atoms with Crippen molar-refractivity contribution in [3.63, 3.8) is 0 Å². The Morgan fingerprint density at radius 1 is 1.32 bits per heavy atom. The van der Waals surface area contributed by atoms with Crippen LogP contribution < -0.4 is 0 Å². The third-order valence-corrected chi connectivity index (χ3v) is 5.05. The van der Waals surface area contributed by atoms with Gasteiger partial charge in [-0.2, -0.15) is 0 Å². The van der Waals surface area contributed by atoms with Gasteiger partial charge in [0.25, 0.3) is 0 Å². The first-order chi connectivity index (χ1) is 9.16. The molecular weight excluding hydrogens is 254 g/mol. The van der Waals surface area contributed by atoms with Crippen molar-refractivity contribution in [1.82, 2.24) is 4.90 Å². The minimum Gasteiger partial charge on any atom is -0.389 e. The van der Waals surface area contributed by atoms with Crippen molar-refractivity contribution in [3.05, 3.63) is 29.8 Å². The summed E-state index contributed by atoms with van der Waals surface area (Å²) in [6, 6.07) is 9.08. The zero-order chi connectivity index (χ0) is 13.7. The zero-order valence-electron chi connectivity index (χ0n) is 12.0. The van der Waals surface area contributed by atoms with E-state index in [1.165, 1.54) is 42.9 Å². The summed E-state index contributed by atoms with van der Waals surface area (Å²) in [7, 11) is 2.26. The Morgan fingerprint density at radius 3 is 2.68 bits per heavy atom. The fourth-order valence-corrected chi connectivity index (χ4v) is 3.62. The van der Waals surface area contributed by atoms with Crippen molar-refractivity contribution in [2.45, 2.75) is 49.6 Å². The monoisotopic (exact) mass is 279 g/mol. The molecule has 1 fully saturated rings. The summed E-state index contributed by atoms with van der Waals surface area (Å²) in [4.78, 5) is 3.82. The molecule has 0 saturated carbocycles. The molecule has 2 nitrogen and oxygen atoms in total. The highest BCUT2D eigenvalue weighted by Crippen LogP contribution is 2.25. The lowest BCUT2D eigenvalue weighted by molar-refractivity contribution is 0.182. The predicted octanol–water partition coefficient (Wildman–Crippen LogP) is 3.71. The van der Waals surface area contributed by atoms with Gasteiger partial charge in [0.1, 0.15) is 0 Å².